The summed E-state index contributed by atoms with van der Waals surface area (Å²) < 4.78 is 6.70. The van der Waals surface area contributed by atoms with E-state index in [4.69, 9.17) is 4.74 Å². The fraction of sp³-hybridized carbons (Fsp3) is 0.538. The van der Waals surface area contributed by atoms with E-state index in [2.05, 4.69) is 46.4 Å². The van der Waals surface area contributed by atoms with Crippen LogP contribution in [0.15, 0.2) is 28.7 Å². The molecule has 1 aromatic carbocycles. The van der Waals surface area contributed by atoms with Crippen LogP contribution in [-0.4, -0.2) is 26.3 Å². The van der Waals surface area contributed by atoms with Crippen LogP contribution in [-0.2, 0) is 11.2 Å². The lowest BCUT2D eigenvalue weighted by atomic mass is 10.1. The maximum Gasteiger partial charge on any atom is 0.0622 e. The molecular weight excluding hydrogens is 266 g/mol. The quantitative estimate of drug-likeness (QED) is 0.778. The van der Waals surface area contributed by atoms with Crippen molar-refractivity contribution in [2.24, 2.45) is 0 Å². The summed E-state index contributed by atoms with van der Waals surface area (Å²) in [6.07, 6.45) is 2.08. The second-order valence-corrected chi connectivity index (χ2v) is 4.81. The van der Waals surface area contributed by atoms with E-state index in [1.807, 2.05) is 13.1 Å². The molecule has 0 fully saturated rings. The largest absolute Gasteiger partial charge is 0.380 e. The number of hydrogen-bond acceptors (Lipinski definition) is 2. The maximum absolute atomic E-state index is 5.56. The number of ether oxygens (including phenoxy) is 1. The third kappa shape index (κ3) is 5.10. The molecule has 0 amide bonds. The first-order valence-corrected chi connectivity index (χ1v) is 6.55. The van der Waals surface area contributed by atoms with Crippen molar-refractivity contribution in [3.8, 4) is 0 Å². The zero-order chi connectivity index (χ0) is 11.8. The molecule has 0 aliphatic carbocycles. The Hall–Kier alpha value is -0.380. The van der Waals surface area contributed by atoms with Crippen molar-refractivity contribution in [3.63, 3.8) is 0 Å². The summed E-state index contributed by atoms with van der Waals surface area (Å²) in [6, 6.07) is 8.81. The highest BCUT2D eigenvalue weighted by Crippen LogP contribution is 2.13. The zero-order valence-electron chi connectivity index (χ0n) is 10.0. The molecule has 0 heterocycles. The van der Waals surface area contributed by atoms with Crippen LogP contribution in [0.5, 0.6) is 0 Å². The van der Waals surface area contributed by atoms with E-state index < -0.39 is 0 Å². The molecule has 16 heavy (non-hydrogen) atoms. The van der Waals surface area contributed by atoms with Crippen molar-refractivity contribution in [3.05, 3.63) is 34.3 Å². The topological polar surface area (TPSA) is 21.3 Å². The van der Waals surface area contributed by atoms with Crippen molar-refractivity contribution < 1.29 is 4.74 Å². The molecule has 0 radical (unpaired) electrons. The summed E-state index contributed by atoms with van der Waals surface area (Å²) in [5.41, 5.74) is 1.33. The van der Waals surface area contributed by atoms with Crippen LogP contribution in [0.1, 0.15) is 18.9 Å². The molecule has 0 saturated heterocycles. The third-order valence-corrected chi connectivity index (χ3v) is 2.94. The summed E-state index contributed by atoms with van der Waals surface area (Å²) in [4.78, 5) is 0. The normalized spacial score (nSPS) is 12.7. The first kappa shape index (κ1) is 13.7. The van der Waals surface area contributed by atoms with E-state index in [0.717, 1.165) is 30.5 Å². The fourth-order valence-corrected chi connectivity index (χ4v) is 2.01. The van der Waals surface area contributed by atoms with E-state index in [-0.39, 0.29) is 0 Å². The van der Waals surface area contributed by atoms with Gasteiger partial charge in [-0.25, -0.2) is 0 Å². The number of hydrogen-bond donors (Lipinski definition) is 1. The highest BCUT2D eigenvalue weighted by molar-refractivity contribution is 9.10. The van der Waals surface area contributed by atoms with Gasteiger partial charge in [0.25, 0.3) is 0 Å². The van der Waals surface area contributed by atoms with E-state index >= 15 is 0 Å². The van der Waals surface area contributed by atoms with Crippen molar-refractivity contribution >= 4 is 15.9 Å². The Morgan fingerprint density at radius 2 is 2.25 bits per heavy atom. The second-order valence-electron chi connectivity index (χ2n) is 3.89. The standard InChI is InChI=1S/C13H20BrNO/c1-3-7-16-10-13(15-2)9-11-5-4-6-12(14)8-11/h4-6,8,13,15H,3,7,9-10H2,1-2H3. The van der Waals surface area contributed by atoms with Crippen molar-refractivity contribution in [1.82, 2.24) is 5.32 Å². The lowest BCUT2D eigenvalue weighted by Crippen LogP contribution is -2.32. The molecule has 1 atom stereocenters. The van der Waals surface area contributed by atoms with Crippen LogP contribution in [0.3, 0.4) is 0 Å². The van der Waals surface area contributed by atoms with Gasteiger partial charge in [-0.2, -0.15) is 0 Å². The summed E-state index contributed by atoms with van der Waals surface area (Å²) in [5, 5.41) is 3.29. The highest BCUT2D eigenvalue weighted by Gasteiger charge is 2.07. The summed E-state index contributed by atoms with van der Waals surface area (Å²) in [5.74, 6) is 0. The second kappa shape index (κ2) is 7.82. The Labute approximate surface area is 107 Å². The molecule has 0 spiro atoms. The Balaban J connectivity index is 2.43. The summed E-state index contributed by atoms with van der Waals surface area (Å²) in [6.45, 7) is 3.75. The third-order valence-electron chi connectivity index (χ3n) is 2.45. The Morgan fingerprint density at radius 3 is 2.88 bits per heavy atom. The molecule has 0 aliphatic rings. The van der Waals surface area contributed by atoms with Gasteiger partial charge in [0.15, 0.2) is 0 Å². The van der Waals surface area contributed by atoms with Gasteiger partial charge in [-0.1, -0.05) is 35.0 Å². The molecule has 1 rings (SSSR count). The van der Waals surface area contributed by atoms with E-state index in [0.29, 0.717) is 6.04 Å². The molecule has 0 aromatic heterocycles. The number of rotatable bonds is 7. The first-order chi connectivity index (χ1) is 7.76. The highest BCUT2D eigenvalue weighted by atomic mass is 79.9. The van der Waals surface area contributed by atoms with Crippen LogP contribution < -0.4 is 5.32 Å². The molecule has 1 N–H and O–H groups in total. The average molecular weight is 286 g/mol. The minimum atomic E-state index is 0.390. The zero-order valence-corrected chi connectivity index (χ0v) is 11.6. The molecule has 1 aromatic rings. The van der Waals surface area contributed by atoms with Crippen LogP contribution in [0.4, 0.5) is 0 Å². The minimum Gasteiger partial charge on any atom is -0.380 e. The SMILES string of the molecule is CCCOCC(Cc1cccc(Br)c1)NC. The van der Waals surface area contributed by atoms with Crippen LogP contribution in [0, 0.1) is 0 Å². The lowest BCUT2D eigenvalue weighted by Gasteiger charge is -2.16. The Morgan fingerprint density at radius 1 is 1.44 bits per heavy atom. The molecule has 0 aliphatic heterocycles. The summed E-state index contributed by atoms with van der Waals surface area (Å²) in [7, 11) is 1.98. The van der Waals surface area contributed by atoms with Gasteiger partial charge in [-0.15, -0.1) is 0 Å². The number of halogens is 1. The van der Waals surface area contributed by atoms with Crippen molar-refractivity contribution in [1.29, 1.82) is 0 Å². The van der Waals surface area contributed by atoms with Gasteiger partial charge in [0.1, 0.15) is 0 Å². The fourth-order valence-electron chi connectivity index (χ4n) is 1.56. The Bertz CT molecular complexity index is 304. The van der Waals surface area contributed by atoms with Crippen LogP contribution >= 0.6 is 15.9 Å². The van der Waals surface area contributed by atoms with E-state index in [1.165, 1.54) is 5.56 Å². The maximum atomic E-state index is 5.56. The lowest BCUT2D eigenvalue weighted by molar-refractivity contribution is 0.114. The molecule has 0 saturated carbocycles. The monoisotopic (exact) mass is 285 g/mol. The molecule has 3 heteroatoms. The molecular formula is C13H20BrNO. The van der Waals surface area contributed by atoms with Gasteiger partial charge < -0.3 is 10.1 Å². The van der Waals surface area contributed by atoms with Gasteiger partial charge >= 0.3 is 0 Å². The van der Waals surface area contributed by atoms with E-state index in [1.54, 1.807) is 0 Å². The summed E-state index contributed by atoms with van der Waals surface area (Å²) >= 11 is 3.49. The predicted molar refractivity (Wildman–Crippen MR) is 71.8 cm³/mol. The first-order valence-electron chi connectivity index (χ1n) is 5.75. The smallest absolute Gasteiger partial charge is 0.0622 e. The van der Waals surface area contributed by atoms with Crippen molar-refractivity contribution in [2.75, 3.05) is 20.3 Å². The number of benzene rings is 1. The van der Waals surface area contributed by atoms with Gasteiger partial charge in [0.2, 0.25) is 0 Å². The van der Waals surface area contributed by atoms with Gasteiger partial charge in [-0.3, -0.25) is 0 Å². The van der Waals surface area contributed by atoms with E-state index in [9.17, 15) is 0 Å². The molecule has 2 nitrogen and oxygen atoms in total. The van der Waals surface area contributed by atoms with Crippen LogP contribution in [0.25, 0.3) is 0 Å². The number of nitrogens with one attached hydrogen (secondary N) is 1. The molecule has 90 valence electrons. The van der Waals surface area contributed by atoms with Gasteiger partial charge in [0, 0.05) is 17.1 Å². The minimum absolute atomic E-state index is 0.390. The molecule has 1 unspecified atom stereocenters. The van der Waals surface area contributed by atoms with Crippen LogP contribution in [0.2, 0.25) is 0 Å². The van der Waals surface area contributed by atoms with Gasteiger partial charge in [-0.05, 0) is 37.6 Å². The number of likely N-dealkylation sites (N-methyl/N-ethyl adjacent to an activating group) is 1. The predicted octanol–water partition coefficient (Wildman–Crippen LogP) is 3.01. The van der Waals surface area contributed by atoms with Gasteiger partial charge in [0.05, 0.1) is 6.61 Å². The van der Waals surface area contributed by atoms with Crippen molar-refractivity contribution in [2.45, 2.75) is 25.8 Å². The average Bonchev–Trinajstić information content (AvgIpc) is 2.28. The Kier molecular flexibility index (Phi) is 6.69. The molecule has 0 bridgehead atoms.